The lowest BCUT2D eigenvalue weighted by Crippen LogP contribution is -2.17. The maximum Gasteiger partial charge on any atom is 0.277 e. The third kappa shape index (κ3) is 4.07. The number of pyridine rings is 1. The number of benzene rings is 1. The van der Waals surface area contributed by atoms with Crippen molar-refractivity contribution in [1.29, 1.82) is 0 Å². The summed E-state index contributed by atoms with van der Waals surface area (Å²) in [5, 5.41) is 8.41. The Morgan fingerprint density at radius 3 is 2.75 bits per heavy atom. The summed E-state index contributed by atoms with van der Waals surface area (Å²) in [7, 11) is 0. The van der Waals surface area contributed by atoms with Gasteiger partial charge in [0, 0.05) is 17.5 Å². The summed E-state index contributed by atoms with van der Waals surface area (Å²) in [6.45, 7) is 4.10. The molecule has 28 heavy (non-hydrogen) atoms. The largest absolute Gasteiger partial charge is 0.484 e. The Morgan fingerprint density at radius 1 is 1.11 bits per heavy atom. The van der Waals surface area contributed by atoms with E-state index in [1.54, 1.807) is 4.40 Å². The lowest BCUT2D eigenvalue weighted by molar-refractivity contribution is 0.252. The molecule has 1 aromatic carbocycles. The Morgan fingerprint density at radius 2 is 1.93 bits per heavy atom. The lowest BCUT2D eigenvalue weighted by atomic mass is 10.2. The first kappa shape index (κ1) is 18.2. The summed E-state index contributed by atoms with van der Waals surface area (Å²) >= 11 is 1.33. The van der Waals surface area contributed by atoms with Crippen LogP contribution in [-0.2, 0) is 12.4 Å². The fourth-order valence-electron chi connectivity index (χ4n) is 2.71. The highest BCUT2D eigenvalue weighted by Gasteiger charge is 2.10. The summed E-state index contributed by atoms with van der Waals surface area (Å²) in [4.78, 5) is 16.9. The molecule has 0 unspecified atom stereocenters. The Labute approximate surface area is 165 Å². The first-order valence-electron chi connectivity index (χ1n) is 8.71. The standard InChI is InChI=1S/C20H18N4O3S/c1-13-6-8-16(9-7-13)26-11-18-22-23-20(27-18)28-12-15-10-19(25)24-14(2)4-3-5-17(24)21-15/h3-10H,11-12H2,1-2H3. The molecule has 0 fully saturated rings. The number of aromatic nitrogens is 4. The molecule has 0 atom stereocenters. The molecular formula is C20H18N4O3S. The van der Waals surface area contributed by atoms with Crippen molar-refractivity contribution in [3.05, 3.63) is 81.7 Å². The molecule has 0 aliphatic heterocycles. The number of ether oxygens (including phenoxy) is 1. The molecule has 0 saturated carbocycles. The van der Waals surface area contributed by atoms with Gasteiger partial charge in [0.15, 0.2) is 6.61 Å². The molecule has 0 aliphatic carbocycles. The Kier molecular flexibility index (Phi) is 5.12. The molecule has 8 heteroatoms. The minimum Gasteiger partial charge on any atom is -0.484 e. The van der Waals surface area contributed by atoms with E-state index in [9.17, 15) is 4.79 Å². The molecule has 0 saturated heterocycles. The van der Waals surface area contributed by atoms with E-state index in [1.807, 2.05) is 56.3 Å². The number of fused-ring (bicyclic) bond motifs is 1. The summed E-state index contributed by atoms with van der Waals surface area (Å²) in [6, 6.07) is 14.9. The topological polar surface area (TPSA) is 82.5 Å². The molecule has 7 nitrogen and oxygen atoms in total. The highest BCUT2D eigenvalue weighted by molar-refractivity contribution is 7.98. The van der Waals surface area contributed by atoms with Gasteiger partial charge in [-0.1, -0.05) is 35.5 Å². The first-order chi connectivity index (χ1) is 13.6. The van der Waals surface area contributed by atoms with Gasteiger partial charge in [-0.15, -0.1) is 10.2 Å². The molecule has 0 bridgehead atoms. The van der Waals surface area contributed by atoms with E-state index in [0.29, 0.717) is 28.2 Å². The van der Waals surface area contributed by atoms with E-state index in [1.165, 1.54) is 23.4 Å². The normalized spacial score (nSPS) is 11.1. The minimum absolute atomic E-state index is 0.101. The average Bonchev–Trinajstić information content (AvgIpc) is 3.14. The fraction of sp³-hybridized carbons (Fsp3) is 0.200. The number of rotatable bonds is 6. The van der Waals surface area contributed by atoms with Gasteiger partial charge in [0.1, 0.15) is 11.4 Å². The summed E-state index contributed by atoms with van der Waals surface area (Å²) in [5.41, 5.74) is 3.21. The van der Waals surface area contributed by atoms with Crippen molar-refractivity contribution in [2.75, 3.05) is 0 Å². The van der Waals surface area contributed by atoms with Crippen LogP contribution in [0.2, 0.25) is 0 Å². The zero-order valence-corrected chi connectivity index (χ0v) is 16.3. The number of nitrogens with zero attached hydrogens (tertiary/aromatic N) is 4. The number of aryl methyl sites for hydroxylation is 2. The van der Waals surface area contributed by atoms with Crippen molar-refractivity contribution in [2.24, 2.45) is 0 Å². The van der Waals surface area contributed by atoms with Crippen LogP contribution in [0.15, 0.2) is 63.0 Å². The second-order valence-electron chi connectivity index (χ2n) is 6.30. The predicted molar refractivity (Wildman–Crippen MR) is 106 cm³/mol. The highest BCUT2D eigenvalue weighted by Crippen LogP contribution is 2.21. The monoisotopic (exact) mass is 394 g/mol. The molecule has 0 radical (unpaired) electrons. The molecule has 142 valence electrons. The molecule has 3 heterocycles. The van der Waals surface area contributed by atoms with Gasteiger partial charge in [-0.05, 0) is 38.1 Å². The van der Waals surface area contributed by atoms with E-state index in [0.717, 1.165) is 11.4 Å². The zero-order valence-electron chi connectivity index (χ0n) is 15.5. The second-order valence-corrected chi connectivity index (χ2v) is 7.23. The van der Waals surface area contributed by atoms with Crippen LogP contribution < -0.4 is 10.3 Å². The maximum absolute atomic E-state index is 12.3. The SMILES string of the molecule is Cc1ccc(OCc2nnc(SCc3cc(=O)n4c(C)cccc4n3)o2)cc1. The van der Waals surface area contributed by atoms with Gasteiger partial charge < -0.3 is 9.15 Å². The fourth-order valence-corrected chi connectivity index (χ4v) is 3.38. The molecule has 0 amide bonds. The van der Waals surface area contributed by atoms with Gasteiger partial charge >= 0.3 is 0 Å². The second kappa shape index (κ2) is 7.85. The van der Waals surface area contributed by atoms with Crippen LogP contribution in [0.1, 0.15) is 22.8 Å². The molecule has 0 aliphatic rings. The Bertz CT molecular complexity index is 1170. The van der Waals surface area contributed by atoms with E-state index >= 15 is 0 Å². The van der Waals surface area contributed by atoms with Crippen LogP contribution in [0.4, 0.5) is 0 Å². The first-order valence-corrected chi connectivity index (χ1v) is 9.70. The van der Waals surface area contributed by atoms with Crippen LogP contribution in [0, 0.1) is 13.8 Å². The Hall–Kier alpha value is -3.13. The van der Waals surface area contributed by atoms with Gasteiger partial charge in [0.25, 0.3) is 16.7 Å². The molecule has 0 N–H and O–H groups in total. The third-order valence-electron chi connectivity index (χ3n) is 4.11. The smallest absolute Gasteiger partial charge is 0.277 e. The van der Waals surface area contributed by atoms with Gasteiger partial charge in [-0.25, -0.2) is 4.98 Å². The van der Waals surface area contributed by atoms with Crippen molar-refractivity contribution < 1.29 is 9.15 Å². The number of hydrogen-bond donors (Lipinski definition) is 0. The summed E-state index contributed by atoms with van der Waals surface area (Å²) < 4.78 is 12.8. The molecule has 0 spiro atoms. The third-order valence-corrected chi connectivity index (χ3v) is 4.96. The number of hydrogen-bond acceptors (Lipinski definition) is 7. The molecule has 3 aromatic heterocycles. The van der Waals surface area contributed by atoms with Crippen molar-refractivity contribution >= 4 is 17.4 Å². The van der Waals surface area contributed by atoms with E-state index in [-0.39, 0.29) is 12.2 Å². The van der Waals surface area contributed by atoms with Crippen molar-refractivity contribution in [2.45, 2.75) is 31.4 Å². The van der Waals surface area contributed by atoms with Crippen molar-refractivity contribution in [1.82, 2.24) is 19.6 Å². The van der Waals surface area contributed by atoms with Crippen LogP contribution in [-0.4, -0.2) is 19.6 Å². The van der Waals surface area contributed by atoms with Gasteiger partial charge in [0.05, 0.1) is 5.69 Å². The average molecular weight is 394 g/mol. The van der Waals surface area contributed by atoms with Crippen LogP contribution >= 0.6 is 11.8 Å². The van der Waals surface area contributed by atoms with Gasteiger partial charge in [-0.2, -0.15) is 0 Å². The van der Waals surface area contributed by atoms with Gasteiger partial charge in [-0.3, -0.25) is 9.20 Å². The zero-order chi connectivity index (χ0) is 19.5. The number of thioether (sulfide) groups is 1. The Balaban J connectivity index is 1.40. The van der Waals surface area contributed by atoms with Crippen LogP contribution in [0.5, 0.6) is 5.75 Å². The van der Waals surface area contributed by atoms with E-state index in [4.69, 9.17) is 9.15 Å². The summed E-state index contributed by atoms with van der Waals surface area (Å²) in [6.07, 6.45) is 0. The highest BCUT2D eigenvalue weighted by atomic mass is 32.2. The molecular weight excluding hydrogens is 376 g/mol. The van der Waals surface area contributed by atoms with Crippen LogP contribution in [0.25, 0.3) is 5.65 Å². The van der Waals surface area contributed by atoms with Gasteiger partial charge in [0.2, 0.25) is 0 Å². The predicted octanol–water partition coefficient (Wildman–Crippen LogP) is 3.57. The molecule has 4 rings (SSSR count). The quantitative estimate of drug-likeness (QED) is 0.462. The lowest BCUT2D eigenvalue weighted by Gasteiger charge is -2.05. The minimum atomic E-state index is -0.101. The molecule has 4 aromatic rings. The van der Waals surface area contributed by atoms with Crippen LogP contribution in [0.3, 0.4) is 0 Å². The van der Waals surface area contributed by atoms with E-state index < -0.39 is 0 Å². The van der Waals surface area contributed by atoms with E-state index in [2.05, 4.69) is 15.2 Å². The summed E-state index contributed by atoms with van der Waals surface area (Å²) in [5.74, 6) is 1.60. The maximum atomic E-state index is 12.3. The van der Waals surface area contributed by atoms with Crippen molar-refractivity contribution in [3.63, 3.8) is 0 Å². The van der Waals surface area contributed by atoms with Crippen molar-refractivity contribution in [3.8, 4) is 5.75 Å².